The number of aromatic nitrogens is 1. The zero-order valence-electron chi connectivity index (χ0n) is 22.4. The van der Waals surface area contributed by atoms with E-state index < -0.39 is 12.0 Å². The van der Waals surface area contributed by atoms with Crippen LogP contribution in [0.4, 0.5) is 11.5 Å². The Hall–Kier alpha value is -3.09. The molecule has 7 nitrogen and oxygen atoms in total. The van der Waals surface area contributed by atoms with Crippen molar-refractivity contribution in [3.05, 3.63) is 54.2 Å². The van der Waals surface area contributed by atoms with Gasteiger partial charge in [0.1, 0.15) is 11.9 Å². The van der Waals surface area contributed by atoms with Gasteiger partial charge in [0.05, 0.1) is 0 Å². The van der Waals surface area contributed by atoms with Crippen molar-refractivity contribution in [2.75, 3.05) is 29.9 Å². The van der Waals surface area contributed by atoms with E-state index in [0.717, 1.165) is 62.4 Å². The fraction of sp³-hybridized carbons (Fsp3) is 0.567. The summed E-state index contributed by atoms with van der Waals surface area (Å²) >= 11 is 0. The van der Waals surface area contributed by atoms with Crippen LogP contribution in [-0.4, -0.2) is 47.6 Å². The Kier molecular flexibility index (Phi) is 9.06. The van der Waals surface area contributed by atoms with Crippen LogP contribution in [-0.2, 0) is 16.0 Å². The van der Waals surface area contributed by atoms with Crippen molar-refractivity contribution < 1.29 is 14.7 Å². The molecule has 2 heterocycles. The summed E-state index contributed by atoms with van der Waals surface area (Å²) in [4.78, 5) is 31.8. The molecule has 1 aliphatic carbocycles. The monoisotopic (exact) mass is 506 g/mol. The van der Waals surface area contributed by atoms with Crippen LogP contribution in [0.25, 0.3) is 0 Å². The average molecular weight is 507 g/mol. The summed E-state index contributed by atoms with van der Waals surface area (Å²) in [6.45, 7) is 9.39. The highest BCUT2D eigenvalue weighted by atomic mass is 16.4. The number of rotatable bonds is 9. The van der Waals surface area contributed by atoms with Crippen LogP contribution in [0.5, 0.6) is 0 Å². The molecular weight excluding hydrogens is 464 g/mol. The van der Waals surface area contributed by atoms with Gasteiger partial charge in [0.2, 0.25) is 5.91 Å². The molecule has 1 aromatic carbocycles. The largest absolute Gasteiger partial charge is 0.480 e. The minimum absolute atomic E-state index is 0.115. The van der Waals surface area contributed by atoms with E-state index in [9.17, 15) is 14.7 Å². The van der Waals surface area contributed by atoms with Gasteiger partial charge >= 0.3 is 5.97 Å². The third-order valence-electron chi connectivity index (χ3n) is 8.28. The number of nitrogens with zero attached hydrogens (tertiary/aromatic N) is 2. The Labute approximate surface area is 221 Å². The molecule has 1 aliphatic heterocycles. The van der Waals surface area contributed by atoms with Crippen LogP contribution >= 0.6 is 0 Å². The highest BCUT2D eigenvalue weighted by Crippen LogP contribution is 2.38. The van der Waals surface area contributed by atoms with Gasteiger partial charge in [0.25, 0.3) is 0 Å². The number of carbonyl (C=O) groups excluding carboxylic acids is 1. The molecule has 1 aromatic heterocycles. The number of piperidine rings is 1. The minimum atomic E-state index is -0.983. The van der Waals surface area contributed by atoms with Gasteiger partial charge in [-0.1, -0.05) is 39.0 Å². The van der Waals surface area contributed by atoms with Crippen LogP contribution in [0.2, 0.25) is 0 Å². The molecule has 37 heavy (non-hydrogen) atoms. The number of benzene rings is 1. The zero-order chi connectivity index (χ0) is 26.4. The standard InChI is InChI=1S/C30H42N4O3/c1-20-16-21(2)28(22(3)17-20)29(35)33-26(30(36)37)18-23-7-9-25(10-8-23)34-14-11-24(12-15-34)19-32-27-6-4-5-13-31-27/h4-10,13,20-22,24,26,28H,11-12,14-19H2,1-3H3,(H,31,32)(H,33,35)(H,36,37). The fourth-order valence-corrected chi connectivity index (χ4v) is 6.39. The maximum atomic E-state index is 13.1. The number of anilines is 2. The molecule has 4 rings (SSSR count). The van der Waals surface area contributed by atoms with Gasteiger partial charge in [0.15, 0.2) is 0 Å². The summed E-state index contributed by atoms with van der Waals surface area (Å²) in [5, 5.41) is 16.1. The predicted octanol–water partition coefficient (Wildman–Crippen LogP) is 4.84. The molecule has 7 heteroatoms. The van der Waals surface area contributed by atoms with Crippen LogP contribution in [0.1, 0.15) is 52.0 Å². The molecule has 0 spiro atoms. The number of aliphatic carboxylic acids is 1. The van der Waals surface area contributed by atoms with E-state index in [-0.39, 0.29) is 30.1 Å². The SMILES string of the molecule is CC1CC(C)C(C(=O)NC(Cc2ccc(N3CCC(CNc4ccccn4)CC3)cc2)C(=O)O)C(C)C1. The molecule has 3 N–H and O–H groups in total. The van der Waals surface area contributed by atoms with Crippen molar-refractivity contribution in [1.82, 2.24) is 10.3 Å². The lowest BCUT2D eigenvalue weighted by atomic mass is 9.69. The summed E-state index contributed by atoms with van der Waals surface area (Å²) in [7, 11) is 0. The van der Waals surface area contributed by atoms with Crippen molar-refractivity contribution in [2.45, 2.75) is 58.9 Å². The Bertz CT molecular complexity index is 1010. The topological polar surface area (TPSA) is 94.6 Å². The Balaban J connectivity index is 1.27. The first-order valence-electron chi connectivity index (χ1n) is 13.8. The number of carbonyl (C=O) groups is 2. The molecule has 0 bridgehead atoms. The van der Waals surface area contributed by atoms with Crippen molar-refractivity contribution in [2.24, 2.45) is 29.6 Å². The van der Waals surface area contributed by atoms with Crippen molar-refractivity contribution in [1.29, 1.82) is 0 Å². The second-order valence-electron chi connectivity index (χ2n) is 11.4. The molecule has 1 amide bonds. The lowest BCUT2D eigenvalue weighted by molar-refractivity contribution is -0.143. The van der Waals surface area contributed by atoms with E-state index >= 15 is 0 Å². The first-order valence-corrected chi connectivity index (χ1v) is 13.8. The predicted molar refractivity (Wildman–Crippen MR) is 148 cm³/mol. The number of hydrogen-bond donors (Lipinski definition) is 3. The molecule has 200 valence electrons. The summed E-state index contributed by atoms with van der Waals surface area (Å²) < 4.78 is 0. The molecule has 2 aromatic rings. The van der Waals surface area contributed by atoms with Crippen LogP contribution in [0.3, 0.4) is 0 Å². The van der Waals surface area contributed by atoms with E-state index in [2.05, 4.69) is 53.4 Å². The Morgan fingerprint density at radius 3 is 2.30 bits per heavy atom. The maximum Gasteiger partial charge on any atom is 0.326 e. The first-order chi connectivity index (χ1) is 17.8. The second-order valence-corrected chi connectivity index (χ2v) is 11.4. The molecule has 2 aliphatic rings. The fourth-order valence-electron chi connectivity index (χ4n) is 6.39. The number of carboxylic acids is 1. The molecule has 2 fully saturated rings. The Morgan fingerprint density at radius 1 is 1.03 bits per heavy atom. The van der Waals surface area contributed by atoms with E-state index in [4.69, 9.17) is 0 Å². The third-order valence-corrected chi connectivity index (χ3v) is 8.28. The maximum absolute atomic E-state index is 13.1. The summed E-state index contributed by atoms with van der Waals surface area (Å²) in [5.41, 5.74) is 2.08. The summed E-state index contributed by atoms with van der Waals surface area (Å²) in [5.74, 6) is 1.47. The van der Waals surface area contributed by atoms with Gasteiger partial charge in [-0.2, -0.15) is 0 Å². The van der Waals surface area contributed by atoms with Gasteiger partial charge in [-0.05, 0) is 79.2 Å². The van der Waals surface area contributed by atoms with Crippen molar-refractivity contribution in [3.8, 4) is 0 Å². The van der Waals surface area contributed by atoms with Gasteiger partial charge in [-0.3, -0.25) is 4.79 Å². The number of carboxylic acid groups (broad SMARTS) is 1. The van der Waals surface area contributed by atoms with E-state index in [0.29, 0.717) is 11.8 Å². The normalized spacial score (nSPS) is 25.3. The smallest absolute Gasteiger partial charge is 0.326 e. The second kappa shape index (κ2) is 12.4. The zero-order valence-corrected chi connectivity index (χ0v) is 22.4. The minimum Gasteiger partial charge on any atom is -0.480 e. The number of amides is 1. The number of nitrogens with one attached hydrogen (secondary N) is 2. The molecule has 1 saturated carbocycles. The highest BCUT2D eigenvalue weighted by molar-refractivity contribution is 5.85. The van der Waals surface area contributed by atoms with Gasteiger partial charge in [-0.15, -0.1) is 0 Å². The molecule has 3 atom stereocenters. The molecule has 0 radical (unpaired) electrons. The lowest BCUT2D eigenvalue weighted by Crippen LogP contribution is -2.49. The van der Waals surface area contributed by atoms with Crippen LogP contribution in [0, 0.1) is 29.6 Å². The van der Waals surface area contributed by atoms with Crippen molar-refractivity contribution in [3.63, 3.8) is 0 Å². The first kappa shape index (κ1) is 27.0. The highest BCUT2D eigenvalue weighted by Gasteiger charge is 2.37. The average Bonchev–Trinajstić information content (AvgIpc) is 2.88. The molecular formula is C30H42N4O3. The summed E-state index contributed by atoms with van der Waals surface area (Å²) in [6.07, 6.45) is 6.35. The van der Waals surface area contributed by atoms with E-state index in [1.165, 1.54) is 0 Å². The lowest BCUT2D eigenvalue weighted by Gasteiger charge is -2.37. The summed E-state index contributed by atoms with van der Waals surface area (Å²) in [6, 6.07) is 13.1. The van der Waals surface area contributed by atoms with E-state index in [1.807, 2.05) is 30.3 Å². The molecule has 1 saturated heterocycles. The third kappa shape index (κ3) is 7.24. The van der Waals surface area contributed by atoms with Gasteiger partial charge in [-0.25, -0.2) is 9.78 Å². The van der Waals surface area contributed by atoms with Crippen molar-refractivity contribution >= 4 is 23.4 Å². The van der Waals surface area contributed by atoms with Gasteiger partial charge in [0, 0.05) is 43.9 Å². The van der Waals surface area contributed by atoms with Crippen LogP contribution in [0.15, 0.2) is 48.7 Å². The Morgan fingerprint density at radius 2 is 1.70 bits per heavy atom. The quantitative estimate of drug-likeness (QED) is 0.451. The van der Waals surface area contributed by atoms with E-state index in [1.54, 1.807) is 6.20 Å². The number of pyridine rings is 1. The molecule has 3 unspecified atom stereocenters. The van der Waals surface area contributed by atoms with Gasteiger partial charge < -0.3 is 20.6 Å². The number of hydrogen-bond acceptors (Lipinski definition) is 5. The van der Waals surface area contributed by atoms with Crippen LogP contribution < -0.4 is 15.5 Å².